The summed E-state index contributed by atoms with van der Waals surface area (Å²) in [6.07, 6.45) is 0.419. The smallest absolute Gasteiger partial charge is 0.255 e. The minimum atomic E-state index is -3.39. The third-order valence-electron chi connectivity index (χ3n) is 4.33. The van der Waals surface area contributed by atoms with Crippen LogP contribution in [0.25, 0.3) is 11.4 Å². The molecule has 3 rings (SSSR count). The predicted molar refractivity (Wildman–Crippen MR) is 95.0 cm³/mol. The van der Waals surface area contributed by atoms with Crippen molar-refractivity contribution in [3.8, 4) is 17.1 Å². The highest BCUT2D eigenvalue weighted by molar-refractivity contribution is 7.89. The fourth-order valence-electron chi connectivity index (χ4n) is 2.82. The molecule has 0 atom stereocenters. The average Bonchev–Trinajstić information content (AvgIpc) is 2.61. The van der Waals surface area contributed by atoms with Crippen LogP contribution in [-0.4, -0.2) is 41.6 Å². The standard InChI is InChI=1S/C17H21N3O4S/c1-11(2)25(22,23)20-8-7-15-14(10-20)17(21)19-16(18-15)12-5-4-6-13(9-12)24-3/h4-6,9,11H,7-8,10H2,1-3H3,(H,18,19,21). The van der Waals surface area contributed by atoms with Gasteiger partial charge in [-0.3, -0.25) is 4.79 Å². The molecule has 1 aliphatic heterocycles. The summed E-state index contributed by atoms with van der Waals surface area (Å²) >= 11 is 0. The zero-order valence-corrected chi connectivity index (χ0v) is 15.3. The lowest BCUT2D eigenvalue weighted by Crippen LogP contribution is -2.42. The van der Waals surface area contributed by atoms with Crippen molar-refractivity contribution in [3.63, 3.8) is 0 Å². The Kier molecular flexibility index (Phi) is 4.66. The van der Waals surface area contributed by atoms with Crippen molar-refractivity contribution in [1.82, 2.24) is 14.3 Å². The minimum Gasteiger partial charge on any atom is -0.497 e. The van der Waals surface area contributed by atoms with Gasteiger partial charge in [-0.2, -0.15) is 4.31 Å². The molecule has 1 N–H and O–H groups in total. The van der Waals surface area contributed by atoms with Crippen LogP contribution in [0.2, 0.25) is 0 Å². The Bertz CT molecular complexity index is 951. The van der Waals surface area contributed by atoms with Gasteiger partial charge in [-0.15, -0.1) is 0 Å². The molecule has 0 bridgehead atoms. The van der Waals surface area contributed by atoms with E-state index >= 15 is 0 Å². The quantitative estimate of drug-likeness (QED) is 0.890. The Morgan fingerprint density at radius 2 is 2.08 bits per heavy atom. The summed E-state index contributed by atoms with van der Waals surface area (Å²) in [5, 5.41) is -0.517. The van der Waals surface area contributed by atoms with Crippen molar-refractivity contribution in [2.45, 2.75) is 32.1 Å². The Morgan fingerprint density at radius 3 is 2.76 bits per heavy atom. The van der Waals surface area contributed by atoms with Gasteiger partial charge in [-0.05, 0) is 26.0 Å². The van der Waals surface area contributed by atoms with E-state index in [0.29, 0.717) is 35.8 Å². The molecular formula is C17H21N3O4S. The maximum absolute atomic E-state index is 12.5. The van der Waals surface area contributed by atoms with E-state index in [1.165, 1.54) is 4.31 Å². The molecule has 0 aliphatic carbocycles. The Hall–Kier alpha value is -2.19. The van der Waals surface area contributed by atoms with Gasteiger partial charge in [-0.1, -0.05) is 12.1 Å². The summed E-state index contributed by atoms with van der Waals surface area (Å²) in [5.74, 6) is 1.13. The van der Waals surface area contributed by atoms with Crippen LogP contribution in [-0.2, 0) is 23.0 Å². The summed E-state index contributed by atoms with van der Waals surface area (Å²) in [4.78, 5) is 19.8. The Labute approximate surface area is 146 Å². The lowest BCUT2D eigenvalue weighted by molar-refractivity contribution is 0.381. The molecule has 0 amide bonds. The summed E-state index contributed by atoms with van der Waals surface area (Å²) in [6, 6.07) is 7.27. The summed E-state index contributed by atoms with van der Waals surface area (Å²) < 4.78 is 31.3. The van der Waals surface area contributed by atoms with Gasteiger partial charge >= 0.3 is 0 Å². The van der Waals surface area contributed by atoms with E-state index in [1.807, 2.05) is 18.2 Å². The van der Waals surface area contributed by atoms with Gasteiger partial charge in [0.2, 0.25) is 10.0 Å². The molecule has 2 heterocycles. The highest BCUT2D eigenvalue weighted by Gasteiger charge is 2.31. The molecule has 1 aliphatic rings. The van der Waals surface area contributed by atoms with Crippen molar-refractivity contribution in [3.05, 3.63) is 45.9 Å². The zero-order chi connectivity index (χ0) is 18.2. The van der Waals surface area contributed by atoms with E-state index in [1.54, 1.807) is 27.0 Å². The molecule has 0 unspecified atom stereocenters. The fraction of sp³-hybridized carbons (Fsp3) is 0.412. The van der Waals surface area contributed by atoms with E-state index in [2.05, 4.69) is 9.97 Å². The first-order valence-electron chi connectivity index (χ1n) is 8.08. The van der Waals surface area contributed by atoms with E-state index in [0.717, 1.165) is 5.56 Å². The molecule has 25 heavy (non-hydrogen) atoms. The molecule has 0 saturated carbocycles. The van der Waals surface area contributed by atoms with Crippen LogP contribution in [0.3, 0.4) is 0 Å². The number of hydrogen-bond acceptors (Lipinski definition) is 5. The molecule has 0 saturated heterocycles. The van der Waals surface area contributed by atoms with Crippen molar-refractivity contribution < 1.29 is 13.2 Å². The molecule has 2 aromatic rings. The van der Waals surface area contributed by atoms with Gasteiger partial charge in [0.25, 0.3) is 5.56 Å². The first-order valence-corrected chi connectivity index (χ1v) is 9.58. The maximum atomic E-state index is 12.5. The highest BCUT2D eigenvalue weighted by Crippen LogP contribution is 2.23. The van der Waals surface area contributed by atoms with Crippen LogP contribution in [0.4, 0.5) is 0 Å². The molecule has 7 nitrogen and oxygen atoms in total. The highest BCUT2D eigenvalue weighted by atomic mass is 32.2. The van der Waals surface area contributed by atoms with Crippen molar-refractivity contribution in [2.75, 3.05) is 13.7 Å². The van der Waals surface area contributed by atoms with Crippen molar-refractivity contribution >= 4 is 10.0 Å². The second-order valence-electron chi connectivity index (χ2n) is 6.25. The number of nitrogens with one attached hydrogen (secondary N) is 1. The van der Waals surface area contributed by atoms with E-state index < -0.39 is 15.3 Å². The maximum Gasteiger partial charge on any atom is 0.255 e. The molecule has 1 aromatic carbocycles. The second kappa shape index (κ2) is 6.61. The largest absolute Gasteiger partial charge is 0.497 e. The Balaban J connectivity index is 1.98. The molecule has 134 valence electrons. The van der Waals surface area contributed by atoms with Crippen LogP contribution >= 0.6 is 0 Å². The third-order valence-corrected chi connectivity index (χ3v) is 6.56. The van der Waals surface area contributed by atoms with Gasteiger partial charge in [0.1, 0.15) is 11.6 Å². The van der Waals surface area contributed by atoms with Crippen LogP contribution in [0.15, 0.2) is 29.1 Å². The number of hydrogen-bond donors (Lipinski definition) is 1. The van der Waals surface area contributed by atoms with Crippen LogP contribution < -0.4 is 10.3 Å². The average molecular weight is 363 g/mol. The van der Waals surface area contributed by atoms with Gasteiger partial charge in [0.15, 0.2) is 0 Å². The fourth-order valence-corrected chi connectivity index (χ4v) is 4.07. The number of ether oxygens (including phenoxy) is 1. The number of H-pyrrole nitrogens is 1. The van der Waals surface area contributed by atoms with E-state index in [9.17, 15) is 13.2 Å². The topological polar surface area (TPSA) is 92.4 Å². The third kappa shape index (κ3) is 3.32. The summed E-state index contributed by atoms with van der Waals surface area (Å²) in [5.41, 5.74) is 1.52. The van der Waals surface area contributed by atoms with Crippen molar-refractivity contribution in [2.24, 2.45) is 0 Å². The number of aromatic nitrogens is 2. The summed E-state index contributed by atoms with van der Waals surface area (Å²) in [7, 11) is -1.82. The number of aromatic amines is 1. The molecule has 0 fully saturated rings. The molecular weight excluding hydrogens is 342 g/mol. The van der Waals surface area contributed by atoms with Crippen LogP contribution in [0, 0.1) is 0 Å². The first kappa shape index (κ1) is 17.6. The molecule has 0 radical (unpaired) electrons. The van der Waals surface area contributed by atoms with Gasteiger partial charge in [-0.25, -0.2) is 13.4 Å². The predicted octanol–water partition coefficient (Wildman–Crippen LogP) is 1.54. The number of fused-ring (bicyclic) bond motifs is 1. The lowest BCUT2D eigenvalue weighted by atomic mass is 10.1. The van der Waals surface area contributed by atoms with E-state index in [-0.39, 0.29) is 12.1 Å². The Morgan fingerprint density at radius 1 is 1.32 bits per heavy atom. The second-order valence-corrected chi connectivity index (χ2v) is 8.74. The van der Waals surface area contributed by atoms with Gasteiger partial charge in [0, 0.05) is 25.1 Å². The van der Waals surface area contributed by atoms with Gasteiger partial charge in [0.05, 0.1) is 23.6 Å². The number of methoxy groups -OCH3 is 1. The first-order chi connectivity index (χ1) is 11.8. The zero-order valence-electron chi connectivity index (χ0n) is 14.4. The monoisotopic (exact) mass is 363 g/mol. The number of benzene rings is 1. The molecule has 1 aromatic heterocycles. The molecule has 8 heteroatoms. The minimum absolute atomic E-state index is 0.0660. The number of rotatable bonds is 4. The van der Waals surface area contributed by atoms with Gasteiger partial charge < -0.3 is 9.72 Å². The van der Waals surface area contributed by atoms with Crippen molar-refractivity contribution in [1.29, 1.82) is 0 Å². The molecule has 0 spiro atoms. The lowest BCUT2D eigenvalue weighted by Gasteiger charge is -2.28. The van der Waals surface area contributed by atoms with Crippen LogP contribution in [0.5, 0.6) is 5.75 Å². The summed E-state index contributed by atoms with van der Waals surface area (Å²) in [6.45, 7) is 3.68. The normalized spacial score (nSPS) is 15.2. The SMILES string of the molecule is COc1cccc(-c2nc3c(c(=O)[nH]2)CN(S(=O)(=O)C(C)C)CC3)c1. The van der Waals surface area contributed by atoms with Crippen LogP contribution in [0.1, 0.15) is 25.1 Å². The van der Waals surface area contributed by atoms with E-state index in [4.69, 9.17) is 4.74 Å². The number of nitrogens with zero attached hydrogens (tertiary/aromatic N) is 2. The number of sulfonamides is 1.